The van der Waals surface area contributed by atoms with Crippen molar-refractivity contribution in [2.45, 2.75) is 57.9 Å². The first-order chi connectivity index (χ1) is 7.74. The summed E-state index contributed by atoms with van der Waals surface area (Å²) in [4.78, 5) is 10.9. The van der Waals surface area contributed by atoms with Crippen molar-refractivity contribution in [2.24, 2.45) is 0 Å². The van der Waals surface area contributed by atoms with Crippen LogP contribution in [0.2, 0.25) is 0 Å². The first kappa shape index (κ1) is 13.2. The van der Waals surface area contributed by atoms with Crippen LogP contribution in [0.25, 0.3) is 0 Å². The zero-order valence-corrected chi connectivity index (χ0v) is 10.2. The van der Waals surface area contributed by atoms with Crippen LogP contribution in [0.5, 0.6) is 0 Å². The third-order valence-corrected chi connectivity index (χ3v) is 3.10. The molecule has 1 rings (SSSR count). The normalized spacial score (nSPS) is 17.9. The average Bonchev–Trinajstić information content (AvgIpc) is 2.29. The van der Waals surface area contributed by atoms with Gasteiger partial charge in [-0.25, -0.2) is 0 Å². The Morgan fingerprint density at radius 2 is 2.38 bits per heavy atom. The van der Waals surface area contributed by atoms with E-state index in [9.17, 15) is 4.79 Å². The zero-order valence-electron chi connectivity index (χ0n) is 10.2. The second-order valence-electron chi connectivity index (χ2n) is 4.49. The van der Waals surface area contributed by atoms with Crippen molar-refractivity contribution < 1.29 is 9.90 Å². The zero-order chi connectivity index (χ0) is 11.8. The highest BCUT2D eigenvalue weighted by atomic mass is 16.4. The quantitative estimate of drug-likeness (QED) is 0.655. The van der Waals surface area contributed by atoms with Gasteiger partial charge in [0.05, 0.1) is 0 Å². The van der Waals surface area contributed by atoms with Gasteiger partial charge in [0.15, 0.2) is 0 Å². The summed E-state index contributed by atoms with van der Waals surface area (Å²) in [6.07, 6.45) is 9.96. The van der Waals surface area contributed by atoms with Gasteiger partial charge in [0, 0.05) is 0 Å². The molecule has 0 aliphatic heterocycles. The van der Waals surface area contributed by atoms with E-state index >= 15 is 0 Å². The van der Waals surface area contributed by atoms with Gasteiger partial charge in [-0.15, -0.1) is 0 Å². The van der Waals surface area contributed by atoms with Crippen molar-refractivity contribution >= 4 is 5.97 Å². The minimum absolute atomic E-state index is 0.366. The summed E-state index contributed by atoms with van der Waals surface area (Å²) < 4.78 is 0. The molecule has 3 heteroatoms. The van der Waals surface area contributed by atoms with E-state index in [1.54, 1.807) is 0 Å². The highest BCUT2D eigenvalue weighted by Crippen LogP contribution is 2.19. The number of carboxylic acid groups (broad SMARTS) is 1. The summed E-state index contributed by atoms with van der Waals surface area (Å²) in [5, 5.41) is 12.1. The molecule has 1 atom stereocenters. The van der Waals surface area contributed by atoms with E-state index in [0.29, 0.717) is 6.42 Å². The van der Waals surface area contributed by atoms with Crippen molar-refractivity contribution in [3.8, 4) is 0 Å². The van der Waals surface area contributed by atoms with E-state index in [4.69, 9.17) is 5.11 Å². The third-order valence-electron chi connectivity index (χ3n) is 3.10. The maximum Gasteiger partial charge on any atom is 0.320 e. The van der Waals surface area contributed by atoms with Crippen LogP contribution in [0.3, 0.4) is 0 Å². The fraction of sp³-hybridized carbons (Fsp3) is 0.769. The Bertz CT molecular complexity index is 248. The van der Waals surface area contributed by atoms with Gasteiger partial charge >= 0.3 is 5.97 Å². The lowest BCUT2D eigenvalue weighted by Crippen LogP contribution is -2.37. The second-order valence-corrected chi connectivity index (χ2v) is 4.49. The number of rotatable bonds is 7. The molecule has 0 aromatic carbocycles. The van der Waals surface area contributed by atoms with Crippen LogP contribution in [-0.2, 0) is 4.79 Å². The molecule has 0 fully saturated rings. The molecule has 0 aromatic rings. The maximum atomic E-state index is 10.9. The molecule has 0 spiro atoms. The van der Waals surface area contributed by atoms with Gasteiger partial charge in [0.2, 0.25) is 0 Å². The molecule has 0 amide bonds. The Balaban J connectivity index is 2.21. The molecule has 16 heavy (non-hydrogen) atoms. The molecule has 92 valence electrons. The van der Waals surface area contributed by atoms with Gasteiger partial charge < -0.3 is 10.4 Å². The Hall–Kier alpha value is -0.830. The van der Waals surface area contributed by atoms with Crippen LogP contribution in [-0.4, -0.2) is 23.7 Å². The topological polar surface area (TPSA) is 49.3 Å². The molecule has 0 heterocycles. The Kier molecular flexibility index (Phi) is 6.16. The molecule has 0 aromatic heterocycles. The van der Waals surface area contributed by atoms with E-state index in [2.05, 4.69) is 11.4 Å². The maximum absolute atomic E-state index is 10.9. The minimum Gasteiger partial charge on any atom is -0.480 e. The van der Waals surface area contributed by atoms with Crippen molar-refractivity contribution in [1.29, 1.82) is 0 Å². The first-order valence-electron chi connectivity index (χ1n) is 6.38. The second kappa shape index (κ2) is 7.44. The molecule has 0 saturated heterocycles. The van der Waals surface area contributed by atoms with Gasteiger partial charge in [0.25, 0.3) is 0 Å². The van der Waals surface area contributed by atoms with Crippen LogP contribution >= 0.6 is 0 Å². The lowest BCUT2D eigenvalue weighted by Gasteiger charge is -2.16. The predicted molar refractivity (Wildman–Crippen MR) is 65.5 cm³/mol. The van der Waals surface area contributed by atoms with Crippen LogP contribution < -0.4 is 5.32 Å². The molecule has 3 nitrogen and oxygen atoms in total. The molecule has 0 saturated carbocycles. The van der Waals surface area contributed by atoms with Gasteiger partial charge in [-0.2, -0.15) is 0 Å². The Morgan fingerprint density at radius 3 is 2.94 bits per heavy atom. The molecular weight excluding hydrogens is 202 g/mol. The average molecular weight is 225 g/mol. The fourth-order valence-corrected chi connectivity index (χ4v) is 2.14. The van der Waals surface area contributed by atoms with E-state index in [1.807, 2.05) is 6.92 Å². The lowest BCUT2D eigenvalue weighted by atomic mass is 9.97. The summed E-state index contributed by atoms with van der Waals surface area (Å²) in [7, 11) is 0. The lowest BCUT2D eigenvalue weighted by molar-refractivity contribution is -0.139. The molecule has 1 aliphatic carbocycles. The number of nitrogens with one attached hydrogen (secondary N) is 1. The fourth-order valence-electron chi connectivity index (χ4n) is 2.14. The summed E-state index contributed by atoms with van der Waals surface area (Å²) in [6.45, 7) is 2.81. The van der Waals surface area contributed by atoms with E-state index < -0.39 is 5.97 Å². The highest BCUT2D eigenvalue weighted by Gasteiger charge is 2.15. The summed E-state index contributed by atoms with van der Waals surface area (Å²) in [5.41, 5.74) is 1.50. The summed E-state index contributed by atoms with van der Waals surface area (Å²) in [6, 6.07) is -0.366. The van der Waals surface area contributed by atoms with Crippen LogP contribution in [0, 0.1) is 0 Å². The largest absolute Gasteiger partial charge is 0.480 e. The van der Waals surface area contributed by atoms with Gasteiger partial charge in [-0.1, -0.05) is 25.0 Å². The SMILES string of the molecule is CCCC(NCCC1=CCCCC1)C(=O)O. The smallest absolute Gasteiger partial charge is 0.320 e. The summed E-state index contributed by atoms with van der Waals surface area (Å²) >= 11 is 0. The molecule has 0 radical (unpaired) electrons. The van der Waals surface area contributed by atoms with Gasteiger partial charge in [0.1, 0.15) is 6.04 Å². The standard InChI is InChI=1S/C13H23NO2/c1-2-6-12(13(15)16)14-10-9-11-7-4-3-5-8-11/h7,12,14H,2-6,8-10H2,1H3,(H,15,16). The van der Waals surface area contributed by atoms with Crippen molar-refractivity contribution in [1.82, 2.24) is 5.32 Å². The number of hydrogen-bond acceptors (Lipinski definition) is 2. The van der Waals surface area contributed by atoms with Crippen LogP contribution in [0.4, 0.5) is 0 Å². The molecule has 0 bridgehead atoms. The number of hydrogen-bond donors (Lipinski definition) is 2. The first-order valence-corrected chi connectivity index (χ1v) is 6.38. The molecule has 1 unspecified atom stereocenters. The number of carbonyl (C=O) groups is 1. The predicted octanol–water partition coefficient (Wildman–Crippen LogP) is 2.72. The van der Waals surface area contributed by atoms with Crippen molar-refractivity contribution in [3.05, 3.63) is 11.6 Å². The summed E-state index contributed by atoms with van der Waals surface area (Å²) in [5.74, 6) is -0.723. The van der Waals surface area contributed by atoms with Crippen LogP contribution in [0.15, 0.2) is 11.6 Å². The minimum atomic E-state index is -0.723. The van der Waals surface area contributed by atoms with Crippen LogP contribution in [0.1, 0.15) is 51.9 Å². The van der Waals surface area contributed by atoms with Gasteiger partial charge in [-0.3, -0.25) is 4.79 Å². The number of allylic oxidation sites excluding steroid dienone is 1. The van der Waals surface area contributed by atoms with E-state index in [0.717, 1.165) is 19.4 Å². The van der Waals surface area contributed by atoms with Crippen molar-refractivity contribution in [2.75, 3.05) is 6.54 Å². The molecule has 2 N–H and O–H groups in total. The number of carboxylic acids is 1. The van der Waals surface area contributed by atoms with E-state index in [1.165, 1.54) is 31.3 Å². The molecule has 1 aliphatic rings. The van der Waals surface area contributed by atoms with Gasteiger partial charge in [-0.05, 0) is 45.1 Å². The van der Waals surface area contributed by atoms with E-state index in [-0.39, 0.29) is 6.04 Å². The Morgan fingerprint density at radius 1 is 1.56 bits per heavy atom. The highest BCUT2D eigenvalue weighted by molar-refractivity contribution is 5.73. The number of aliphatic carboxylic acids is 1. The molecular formula is C13H23NO2. The Labute approximate surface area is 97.9 Å². The van der Waals surface area contributed by atoms with Crippen molar-refractivity contribution in [3.63, 3.8) is 0 Å². The monoisotopic (exact) mass is 225 g/mol. The third kappa shape index (κ3) is 4.79.